The minimum Gasteiger partial charge on any atom is -0.301 e. The minimum absolute atomic E-state index is 0.162. The molecule has 16 heavy (non-hydrogen) atoms. The second kappa shape index (κ2) is 4.18. The third-order valence-corrected chi connectivity index (χ3v) is 3.34. The number of nitrogens with zero attached hydrogens (tertiary/aromatic N) is 1. The summed E-state index contributed by atoms with van der Waals surface area (Å²) in [4.78, 5) is 27.9. The number of aryl methyl sites for hydroxylation is 2. The normalized spacial score (nSPS) is 19.6. The molecule has 0 bridgehead atoms. The number of anilines is 1. The van der Waals surface area contributed by atoms with E-state index in [4.69, 9.17) is 0 Å². The molecule has 1 aliphatic heterocycles. The van der Waals surface area contributed by atoms with Gasteiger partial charge in [-0.3, -0.25) is 15.0 Å². The largest absolute Gasteiger partial charge is 0.301 e. The third-order valence-electron chi connectivity index (χ3n) is 2.35. The lowest BCUT2D eigenvalue weighted by molar-refractivity contribution is -0.121. The van der Waals surface area contributed by atoms with Gasteiger partial charge in [-0.1, -0.05) is 0 Å². The molecule has 1 unspecified atom stereocenters. The summed E-state index contributed by atoms with van der Waals surface area (Å²) in [5, 5.41) is 3.25. The molecule has 2 heterocycles. The van der Waals surface area contributed by atoms with E-state index >= 15 is 0 Å². The molecular formula is C9H12N4O2S. The van der Waals surface area contributed by atoms with Crippen molar-refractivity contribution in [1.82, 2.24) is 15.8 Å². The average molecular weight is 240 g/mol. The third kappa shape index (κ3) is 2.20. The molecule has 86 valence electrons. The van der Waals surface area contributed by atoms with Gasteiger partial charge >= 0.3 is 0 Å². The van der Waals surface area contributed by atoms with E-state index in [-0.39, 0.29) is 18.2 Å². The van der Waals surface area contributed by atoms with Crippen LogP contribution in [-0.4, -0.2) is 22.8 Å². The first-order chi connectivity index (χ1) is 7.56. The Kier molecular flexibility index (Phi) is 2.88. The predicted molar refractivity (Wildman–Crippen MR) is 59.9 cm³/mol. The van der Waals surface area contributed by atoms with Crippen molar-refractivity contribution in [2.24, 2.45) is 0 Å². The van der Waals surface area contributed by atoms with Crippen LogP contribution < -0.4 is 16.2 Å². The summed E-state index contributed by atoms with van der Waals surface area (Å²) < 4.78 is 0. The van der Waals surface area contributed by atoms with Crippen molar-refractivity contribution in [3.63, 3.8) is 0 Å². The molecule has 7 heteroatoms. The Morgan fingerprint density at radius 2 is 2.31 bits per heavy atom. The topological polar surface area (TPSA) is 83.1 Å². The van der Waals surface area contributed by atoms with E-state index in [0.29, 0.717) is 5.13 Å². The Morgan fingerprint density at radius 1 is 1.56 bits per heavy atom. The lowest BCUT2D eigenvalue weighted by Crippen LogP contribution is -2.39. The van der Waals surface area contributed by atoms with Gasteiger partial charge in [-0.05, 0) is 13.8 Å². The van der Waals surface area contributed by atoms with Crippen molar-refractivity contribution in [2.45, 2.75) is 26.3 Å². The predicted octanol–water partition coefficient (Wildman–Crippen LogP) is 0.0915. The number of nitrogens with one attached hydrogen (secondary N) is 3. The molecule has 6 nitrogen and oxygen atoms in total. The number of carbonyl (C=O) groups is 2. The molecule has 0 radical (unpaired) electrons. The molecule has 0 saturated carbocycles. The summed E-state index contributed by atoms with van der Waals surface area (Å²) in [6, 6.07) is -0.517. The fourth-order valence-electron chi connectivity index (χ4n) is 1.33. The Bertz CT molecular complexity index is 423. The zero-order valence-electron chi connectivity index (χ0n) is 8.96. The van der Waals surface area contributed by atoms with Crippen LogP contribution in [0.5, 0.6) is 0 Å². The molecule has 1 fully saturated rings. The molecular weight excluding hydrogens is 228 g/mol. The van der Waals surface area contributed by atoms with Crippen LogP contribution in [0.1, 0.15) is 17.0 Å². The molecule has 1 atom stereocenters. The van der Waals surface area contributed by atoms with Gasteiger partial charge in [0.2, 0.25) is 11.8 Å². The number of hydrazine groups is 1. The molecule has 1 aliphatic rings. The first-order valence-corrected chi connectivity index (χ1v) is 5.67. The number of hydrogen-bond acceptors (Lipinski definition) is 5. The van der Waals surface area contributed by atoms with E-state index in [1.807, 2.05) is 13.8 Å². The van der Waals surface area contributed by atoms with Crippen molar-refractivity contribution < 1.29 is 9.59 Å². The van der Waals surface area contributed by atoms with Gasteiger partial charge in [-0.25, -0.2) is 10.4 Å². The molecule has 2 amide bonds. The van der Waals surface area contributed by atoms with Gasteiger partial charge < -0.3 is 5.32 Å². The SMILES string of the molecule is Cc1nc(NC(=O)C2CC(=O)NN2)sc1C. The quantitative estimate of drug-likeness (QED) is 0.684. The van der Waals surface area contributed by atoms with Gasteiger partial charge in [0.1, 0.15) is 6.04 Å². The van der Waals surface area contributed by atoms with Gasteiger partial charge in [-0.2, -0.15) is 0 Å². The summed E-state index contributed by atoms with van der Waals surface area (Å²) in [5.41, 5.74) is 5.91. The molecule has 0 aromatic carbocycles. The summed E-state index contributed by atoms with van der Waals surface area (Å²) in [7, 11) is 0. The van der Waals surface area contributed by atoms with Crippen LogP contribution in [0.4, 0.5) is 5.13 Å². The van der Waals surface area contributed by atoms with Gasteiger partial charge in [0.15, 0.2) is 5.13 Å². The van der Waals surface area contributed by atoms with Crippen molar-refractivity contribution >= 4 is 28.3 Å². The zero-order chi connectivity index (χ0) is 11.7. The highest BCUT2D eigenvalue weighted by atomic mass is 32.1. The van der Waals surface area contributed by atoms with E-state index in [1.54, 1.807) is 0 Å². The number of thiazole rings is 1. The number of carbonyl (C=O) groups excluding carboxylic acids is 2. The maximum absolute atomic E-state index is 11.7. The van der Waals surface area contributed by atoms with Crippen LogP contribution in [0.3, 0.4) is 0 Å². The highest BCUT2D eigenvalue weighted by Gasteiger charge is 2.28. The molecule has 3 N–H and O–H groups in total. The van der Waals surface area contributed by atoms with E-state index in [0.717, 1.165) is 10.6 Å². The van der Waals surface area contributed by atoms with E-state index in [9.17, 15) is 9.59 Å². The lowest BCUT2D eigenvalue weighted by Gasteiger charge is -2.06. The first kappa shape index (κ1) is 11.0. The highest BCUT2D eigenvalue weighted by molar-refractivity contribution is 7.15. The van der Waals surface area contributed by atoms with Crippen LogP contribution in [0.25, 0.3) is 0 Å². The van der Waals surface area contributed by atoms with Crippen molar-refractivity contribution in [2.75, 3.05) is 5.32 Å². The molecule has 1 aromatic heterocycles. The minimum atomic E-state index is -0.517. The van der Waals surface area contributed by atoms with Gasteiger partial charge in [-0.15, -0.1) is 11.3 Å². The summed E-state index contributed by atoms with van der Waals surface area (Å²) >= 11 is 1.43. The average Bonchev–Trinajstić information content (AvgIpc) is 2.75. The van der Waals surface area contributed by atoms with E-state index in [2.05, 4.69) is 21.2 Å². The lowest BCUT2D eigenvalue weighted by atomic mass is 10.2. The van der Waals surface area contributed by atoms with E-state index in [1.165, 1.54) is 11.3 Å². The van der Waals surface area contributed by atoms with Crippen molar-refractivity contribution in [3.05, 3.63) is 10.6 Å². The second-order valence-electron chi connectivity index (χ2n) is 3.60. The second-order valence-corrected chi connectivity index (χ2v) is 4.80. The maximum atomic E-state index is 11.7. The number of aromatic nitrogens is 1. The fourth-order valence-corrected chi connectivity index (χ4v) is 2.15. The Morgan fingerprint density at radius 3 is 2.81 bits per heavy atom. The standard InChI is InChI=1S/C9H12N4O2S/c1-4-5(2)16-9(10-4)11-8(15)6-3-7(14)13-12-6/h6,12H,3H2,1-2H3,(H,13,14)(H,10,11,15). The number of rotatable bonds is 2. The smallest absolute Gasteiger partial charge is 0.245 e. The van der Waals surface area contributed by atoms with Gasteiger partial charge in [0.25, 0.3) is 0 Å². The summed E-state index contributed by atoms with van der Waals surface area (Å²) in [6.07, 6.45) is 0.162. The van der Waals surface area contributed by atoms with Crippen molar-refractivity contribution in [3.8, 4) is 0 Å². The van der Waals surface area contributed by atoms with Crippen LogP contribution in [-0.2, 0) is 9.59 Å². The summed E-state index contributed by atoms with van der Waals surface area (Å²) in [6.45, 7) is 3.84. The Hall–Kier alpha value is -1.47. The maximum Gasteiger partial charge on any atom is 0.245 e. The fraction of sp³-hybridized carbons (Fsp3) is 0.444. The first-order valence-electron chi connectivity index (χ1n) is 4.85. The molecule has 0 aliphatic carbocycles. The number of hydrogen-bond donors (Lipinski definition) is 3. The van der Waals surface area contributed by atoms with Gasteiger partial charge in [0.05, 0.1) is 12.1 Å². The molecule has 1 saturated heterocycles. The van der Waals surface area contributed by atoms with Crippen LogP contribution >= 0.6 is 11.3 Å². The van der Waals surface area contributed by atoms with Gasteiger partial charge in [0, 0.05) is 4.88 Å². The Balaban J connectivity index is 1.99. The van der Waals surface area contributed by atoms with E-state index < -0.39 is 6.04 Å². The molecule has 2 rings (SSSR count). The molecule has 1 aromatic rings. The Labute approximate surface area is 96.4 Å². The van der Waals surface area contributed by atoms with Crippen molar-refractivity contribution in [1.29, 1.82) is 0 Å². The van der Waals surface area contributed by atoms with Crippen LogP contribution in [0.15, 0.2) is 0 Å². The monoisotopic (exact) mass is 240 g/mol. The number of amides is 2. The van der Waals surface area contributed by atoms with Crippen LogP contribution in [0.2, 0.25) is 0 Å². The zero-order valence-corrected chi connectivity index (χ0v) is 9.77. The summed E-state index contributed by atoms with van der Waals surface area (Å²) in [5.74, 6) is -0.418. The molecule has 0 spiro atoms. The van der Waals surface area contributed by atoms with Crippen LogP contribution in [0, 0.1) is 13.8 Å². The highest BCUT2D eigenvalue weighted by Crippen LogP contribution is 2.21.